The van der Waals surface area contributed by atoms with Gasteiger partial charge in [0.15, 0.2) is 0 Å². The lowest BCUT2D eigenvalue weighted by molar-refractivity contribution is 0.0955. The monoisotopic (exact) mass is 366 g/mol. The second-order valence-electron chi connectivity index (χ2n) is 6.64. The first-order valence-electron chi connectivity index (χ1n) is 9.83. The molecule has 0 saturated heterocycles. The molecule has 0 spiro atoms. The highest BCUT2D eigenvalue weighted by Gasteiger charge is 2.05. The summed E-state index contributed by atoms with van der Waals surface area (Å²) in [4.78, 5) is 12.2. The number of hydrogen-bond acceptors (Lipinski definition) is 3. The van der Waals surface area contributed by atoms with Gasteiger partial charge in [-0.25, -0.2) is 5.43 Å². The average molecular weight is 367 g/mol. The van der Waals surface area contributed by atoms with Crippen LogP contribution in [0.3, 0.4) is 0 Å². The molecule has 2 aromatic carbocycles. The summed E-state index contributed by atoms with van der Waals surface area (Å²) >= 11 is 0. The van der Waals surface area contributed by atoms with Gasteiger partial charge in [-0.2, -0.15) is 5.10 Å². The number of nitrogens with one attached hydrogen (secondary N) is 1. The van der Waals surface area contributed by atoms with Crippen LogP contribution >= 0.6 is 0 Å². The van der Waals surface area contributed by atoms with Crippen molar-refractivity contribution >= 4 is 11.6 Å². The minimum absolute atomic E-state index is 0.229. The molecule has 0 fully saturated rings. The third-order valence-corrected chi connectivity index (χ3v) is 4.40. The molecule has 4 nitrogen and oxygen atoms in total. The molecule has 0 aliphatic rings. The van der Waals surface area contributed by atoms with E-state index in [1.165, 1.54) is 32.1 Å². The van der Waals surface area contributed by atoms with Gasteiger partial charge in [-0.15, -0.1) is 0 Å². The Kier molecular flexibility index (Phi) is 9.11. The van der Waals surface area contributed by atoms with Gasteiger partial charge < -0.3 is 4.74 Å². The second-order valence-corrected chi connectivity index (χ2v) is 6.64. The molecule has 1 N–H and O–H groups in total. The molecule has 27 heavy (non-hydrogen) atoms. The van der Waals surface area contributed by atoms with Crippen LogP contribution in [0.5, 0.6) is 5.75 Å². The Bertz CT molecular complexity index is 709. The first-order valence-corrected chi connectivity index (χ1v) is 9.83. The number of nitrogens with zero attached hydrogens (tertiary/aromatic N) is 1. The van der Waals surface area contributed by atoms with E-state index in [4.69, 9.17) is 4.74 Å². The van der Waals surface area contributed by atoms with Crippen LogP contribution < -0.4 is 10.2 Å². The molecule has 1 amide bonds. The number of unbranched alkanes of at least 4 members (excludes halogenated alkanes) is 5. The smallest absolute Gasteiger partial charge is 0.271 e. The summed E-state index contributed by atoms with van der Waals surface area (Å²) in [7, 11) is 0. The summed E-state index contributed by atoms with van der Waals surface area (Å²) in [6.07, 6.45) is 7.46. The van der Waals surface area contributed by atoms with Crippen molar-refractivity contribution in [1.82, 2.24) is 5.43 Å². The van der Waals surface area contributed by atoms with E-state index in [1.807, 2.05) is 49.4 Å². The number of carbonyl (C=O) groups excluding carboxylic acids is 1. The second kappa shape index (κ2) is 11.9. The zero-order chi connectivity index (χ0) is 19.3. The number of carbonyl (C=O) groups is 1. The SMILES string of the molecule is CCCCCCCCOc1ccc(C(=O)N/N=C(\C)c2ccccc2)cc1. The number of ether oxygens (including phenoxy) is 1. The van der Waals surface area contributed by atoms with Crippen LogP contribution in [0, 0.1) is 0 Å². The number of amides is 1. The van der Waals surface area contributed by atoms with E-state index in [0.717, 1.165) is 30.1 Å². The molecular weight excluding hydrogens is 336 g/mol. The van der Waals surface area contributed by atoms with Crippen LogP contribution in [0.25, 0.3) is 0 Å². The lowest BCUT2D eigenvalue weighted by atomic mass is 10.1. The molecular formula is C23H30N2O2. The molecule has 0 atom stereocenters. The first kappa shape index (κ1) is 20.7. The normalized spacial score (nSPS) is 11.3. The van der Waals surface area contributed by atoms with E-state index < -0.39 is 0 Å². The van der Waals surface area contributed by atoms with E-state index in [9.17, 15) is 4.79 Å². The minimum atomic E-state index is -0.229. The quantitative estimate of drug-likeness (QED) is 0.321. The third-order valence-electron chi connectivity index (χ3n) is 4.40. The van der Waals surface area contributed by atoms with E-state index in [0.29, 0.717) is 5.56 Å². The Morgan fingerprint density at radius 1 is 0.889 bits per heavy atom. The highest BCUT2D eigenvalue weighted by Crippen LogP contribution is 2.13. The van der Waals surface area contributed by atoms with Gasteiger partial charge in [0.05, 0.1) is 12.3 Å². The van der Waals surface area contributed by atoms with Crippen LogP contribution in [-0.2, 0) is 0 Å². The lowest BCUT2D eigenvalue weighted by Gasteiger charge is -2.07. The number of hydrogen-bond donors (Lipinski definition) is 1. The molecule has 0 radical (unpaired) electrons. The van der Waals surface area contributed by atoms with E-state index in [2.05, 4.69) is 17.5 Å². The molecule has 0 unspecified atom stereocenters. The van der Waals surface area contributed by atoms with Crippen LogP contribution in [0.2, 0.25) is 0 Å². The maximum atomic E-state index is 12.2. The van der Waals surface area contributed by atoms with E-state index in [-0.39, 0.29) is 5.91 Å². The fraction of sp³-hybridized carbons (Fsp3) is 0.391. The number of benzene rings is 2. The molecule has 0 bridgehead atoms. The zero-order valence-electron chi connectivity index (χ0n) is 16.4. The highest BCUT2D eigenvalue weighted by molar-refractivity contribution is 6.00. The Balaban J connectivity index is 1.75. The maximum Gasteiger partial charge on any atom is 0.271 e. The fourth-order valence-corrected chi connectivity index (χ4v) is 2.72. The van der Waals surface area contributed by atoms with Gasteiger partial charge in [-0.3, -0.25) is 4.79 Å². The molecule has 2 aromatic rings. The van der Waals surface area contributed by atoms with Gasteiger partial charge in [-0.05, 0) is 43.2 Å². The fourth-order valence-electron chi connectivity index (χ4n) is 2.72. The van der Waals surface area contributed by atoms with Crippen LogP contribution in [0.1, 0.15) is 68.3 Å². The van der Waals surface area contributed by atoms with Crippen molar-refractivity contribution in [3.8, 4) is 5.75 Å². The molecule has 0 aliphatic carbocycles. The standard InChI is InChI=1S/C23H30N2O2/c1-3-4-5-6-7-11-18-27-22-16-14-21(15-17-22)23(26)25-24-19(2)20-12-9-8-10-13-20/h8-10,12-17H,3-7,11,18H2,1-2H3,(H,25,26)/b24-19+. The maximum absolute atomic E-state index is 12.2. The summed E-state index contributed by atoms with van der Waals surface area (Å²) in [5.74, 6) is 0.567. The van der Waals surface area contributed by atoms with Crippen molar-refractivity contribution in [2.24, 2.45) is 5.10 Å². The van der Waals surface area contributed by atoms with E-state index in [1.54, 1.807) is 12.1 Å². The molecule has 0 saturated carbocycles. The zero-order valence-corrected chi connectivity index (χ0v) is 16.4. The van der Waals surface area contributed by atoms with Gasteiger partial charge >= 0.3 is 0 Å². The van der Waals surface area contributed by atoms with Gasteiger partial charge in [-0.1, -0.05) is 69.4 Å². The Morgan fingerprint density at radius 3 is 2.26 bits per heavy atom. The third kappa shape index (κ3) is 7.65. The lowest BCUT2D eigenvalue weighted by Crippen LogP contribution is -2.19. The minimum Gasteiger partial charge on any atom is -0.494 e. The summed E-state index contributed by atoms with van der Waals surface area (Å²) in [5, 5.41) is 4.17. The summed E-state index contributed by atoms with van der Waals surface area (Å²) < 4.78 is 5.74. The van der Waals surface area contributed by atoms with Crippen molar-refractivity contribution in [2.45, 2.75) is 52.4 Å². The Hall–Kier alpha value is -2.62. The molecule has 0 aromatic heterocycles. The topological polar surface area (TPSA) is 50.7 Å². The van der Waals surface area contributed by atoms with Crippen LogP contribution in [0.15, 0.2) is 59.7 Å². The summed E-state index contributed by atoms with van der Waals surface area (Å²) in [6, 6.07) is 17.0. The molecule has 0 aliphatic heterocycles. The van der Waals surface area contributed by atoms with Gasteiger partial charge in [0.25, 0.3) is 5.91 Å². The summed E-state index contributed by atoms with van der Waals surface area (Å²) in [6.45, 7) is 4.82. The average Bonchev–Trinajstić information content (AvgIpc) is 2.72. The van der Waals surface area contributed by atoms with Gasteiger partial charge in [0.2, 0.25) is 0 Å². The predicted molar refractivity (Wildman–Crippen MR) is 111 cm³/mol. The Labute approximate surface area is 162 Å². The van der Waals surface area contributed by atoms with Crippen molar-refractivity contribution in [2.75, 3.05) is 6.61 Å². The van der Waals surface area contributed by atoms with Gasteiger partial charge in [0, 0.05) is 5.56 Å². The molecule has 144 valence electrons. The Morgan fingerprint density at radius 2 is 1.56 bits per heavy atom. The van der Waals surface area contributed by atoms with Crippen LogP contribution in [0.4, 0.5) is 0 Å². The van der Waals surface area contributed by atoms with E-state index >= 15 is 0 Å². The van der Waals surface area contributed by atoms with Crippen molar-refractivity contribution in [1.29, 1.82) is 0 Å². The summed E-state index contributed by atoms with van der Waals surface area (Å²) in [5.41, 5.74) is 4.91. The number of rotatable bonds is 11. The van der Waals surface area contributed by atoms with Crippen molar-refractivity contribution < 1.29 is 9.53 Å². The van der Waals surface area contributed by atoms with Crippen LogP contribution in [-0.4, -0.2) is 18.2 Å². The van der Waals surface area contributed by atoms with Crippen molar-refractivity contribution in [3.05, 3.63) is 65.7 Å². The van der Waals surface area contributed by atoms with Gasteiger partial charge in [0.1, 0.15) is 5.75 Å². The molecule has 0 heterocycles. The number of hydrazone groups is 1. The highest BCUT2D eigenvalue weighted by atomic mass is 16.5. The largest absolute Gasteiger partial charge is 0.494 e. The first-order chi connectivity index (χ1) is 13.2. The predicted octanol–water partition coefficient (Wildman–Crippen LogP) is 5.58. The molecule has 2 rings (SSSR count). The molecule has 4 heteroatoms. The van der Waals surface area contributed by atoms with Crippen molar-refractivity contribution in [3.63, 3.8) is 0 Å².